The van der Waals surface area contributed by atoms with E-state index < -0.39 is 0 Å². The Bertz CT molecular complexity index is 614. The Kier molecular flexibility index (Phi) is 5.46. The van der Waals surface area contributed by atoms with E-state index >= 15 is 0 Å². The highest BCUT2D eigenvalue weighted by Gasteiger charge is 2.06. The SMILES string of the molecule is COc1cc(CN)ccc1/N=N/c1ccc(CN)cc1OC. The Morgan fingerprint density at radius 2 is 1.18 bits per heavy atom. The zero-order chi connectivity index (χ0) is 15.9. The molecule has 0 aliphatic heterocycles. The van der Waals surface area contributed by atoms with Gasteiger partial charge in [0.15, 0.2) is 0 Å². The first-order chi connectivity index (χ1) is 10.7. The van der Waals surface area contributed by atoms with Crippen LogP contribution in [0.15, 0.2) is 46.6 Å². The summed E-state index contributed by atoms with van der Waals surface area (Å²) in [6.07, 6.45) is 0. The summed E-state index contributed by atoms with van der Waals surface area (Å²) >= 11 is 0. The maximum Gasteiger partial charge on any atom is 0.146 e. The van der Waals surface area contributed by atoms with Crippen LogP contribution in [0.25, 0.3) is 0 Å². The standard InChI is InChI=1S/C16H20N4O2/c1-21-15-7-11(9-17)3-5-13(15)19-20-14-6-4-12(10-18)8-16(14)22-2/h3-8H,9-10,17-18H2,1-2H3/b20-19+. The Labute approximate surface area is 129 Å². The van der Waals surface area contributed by atoms with Crippen molar-refractivity contribution < 1.29 is 9.47 Å². The number of hydrogen-bond acceptors (Lipinski definition) is 6. The Morgan fingerprint density at radius 3 is 1.50 bits per heavy atom. The van der Waals surface area contributed by atoms with Gasteiger partial charge in [-0.3, -0.25) is 0 Å². The van der Waals surface area contributed by atoms with E-state index in [1.165, 1.54) is 0 Å². The summed E-state index contributed by atoms with van der Waals surface area (Å²) < 4.78 is 10.6. The number of benzene rings is 2. The van der Waals surface area contributed by atoms with Gasteiger partial charge in [0.2, 0.25) is 0 Å². The van der Waals surface area contributed by atoms with Gasteiger partial charge < -0.3 is 20.9 Å². The second kappa shape index (κ2) is 7.53. The molecular formula is C16H20N4O2. The molecule has 0 aliphatic carbocycles. The molecule has 0 amide bonds. The molecule has 0 radical (unpaired) electrons. The first-order valence-corrected chi connectivity index (χ1v) is 6.87. The number of rotatable bonds is 6. The molecule has 0 aromatic heterocycles. The lowest BCUT2D eigenvalue weighted by Gasteiger charge is -2.07. The molecule has 0 atom stereocenters. The number of methoxy groups -OCH3 is 2. The van der Waals surface area contributed by atoms with Gasteiger partial charge in [-0.2, -0.15) is 0 Å². The van der Waals surface area contributed by atoms with Crippen LogP contribution in [0.4, 0.5) is 11.4 Å². The summed E-state index contributed by atoms with van der Waals surface area (Å²) in [6.45, 7) is 0.893. The summed E-state index contributed by atoms with van der Waals surface area (Å²) in [5, 5.41) is 8.47. The Hall–Kier alpha value is -2.44. The van der Waals surface area contributed by atoms with E-state index in [1.54, 1.807) is 14.2 Å². The average Bonchev–Trinajstić information content (AvgIpc) is 2.59. The quantitative estimate of drug-likeness (QED) is 0.801. The van der Waals surface area contributed by atoms with Crippen LogP contribution < -0.4 is 20.9 Å². The smallest absolute Gasteiger partial charge is 0.146 e. The zero-order valence-electron chi connectivity index (χ0n) is 12.7. The third kappa shape index (κ3) is 3.60. The van der Waals surface area contributed by atoms with Gasteiger partial charge in [-0.05, 0) is 35.4 Å². The summed E-state index contributed by atoms with van der Waals surface area (Å²) in [7, 11) is 3.18. The summed E-state index contributed by atoms with van der Waals surface area (Å²) in [6, 6.07) is 11.1. The summed E-state index contributed by atoms with van der Waals surface area (Å²) in [4.78, 5) is 0. The van der Waals surface area contributed by atoms with Crippen LogP contribution in [0, 0.1) is 0 Å². The zero-order valence-corrected chi connectivity index (χ0v) is 12.7. The van der Waals surface area contributed by atoms with Gasteiger partial charge >= 0.3 is 0 Å². The molecule has 0 aliphatic rings. The lowest BCUT2D eigenvalue weighted by atomic mass is 10.2. The molecule has 116 valence electrons. The van der Waals surface area contributed by atoms with Crippen LogP contribution in [-0.4, -0.2) is 14.2 Å². The Morgan fingerprint density at radius 1 is 0.773 bits per heavy atom. The summed E-state index contributed by atoms with van der Waals surface area (Å²) in [5.41, 5.74) is 14.4. The third-order valence-corrected chi connectivity index (χ3v) is 3.23. The van der Waals surface area contributed by atoms with E-state index in [9.17, 15) is 0 Å². The highest BCUT2D eigenvalue weighted by molar-refractivity contribution is 5.56. The fourth-order valence-electron chi connectivity index (χ4n) is 1.97. The van der Waals surface area contributed by atoms with Crippen LogP contribution in [0.2, 0.25) is 0 Å². The van der Waals surface area contributed by atoms with Gasteiger partial charge in [-0.1, -0.05) is 12.1 Å². The van der Waals surface area contributed by atoms with Crippen molar-refractivity contribution in [1.29, 1.82) is 0 Å². The van der Waals surface area contributed by atoms with Crippen molar-refractivity contribution in [3.05, 3.63) is 47.5 Å². The lowest BCUT2D eigenvalue weighted by Crippen LogP contribution is -1.96. The molecule has 2 aromatic carbocycles. The molecule has 2 rings (SSSR count). The number of ether oxygens (including phenoxy) is 2. The van der Waals surface area contributed by atoms with Gasteiger partial charge in [0, 0.05) is 13.1 Å². The number of hydrogen-bond donors (Lipinski definition) is 2. The first kappa shape index (κ1) is 15.9. The predicted molar refractivity (Wildman–Crippen MR) is 85.9 cm³/mol. The van der Waals surface area contributed by atoms with Crippen LogP contribution >= 0.6 is 0 Å². The van der Waals surface area contributed by atoms with Gasteiger partial charge in [-0.15, -0.1) is 10.2 Å². The number of nitrogens with zero attached hydrogens (tertiary/aromatic N) is 2. The fourth-order valence-corrected chi connectivity index (χ4v) is 1.97. The molecule has 22 heavy (non-hydrogen) atoms. The number of nitrogens with two attached hydrogens (primary N) is 2. The molecule has 0 saturated heterocycles. The molecule has 4 N–H and O–H groups in total. The maximum atomic E-state index is 5.62. The largest absolute Gasteiger partial charge is 0.494 e. The first-order valence-electron chi connectivity index (χ1n) is 6.87. The monoisotopic (exact) mass is 300 g/mol. The number of azo groups is 1. The van der Waals surface area contributed by atoms with E-state index in [0.717, 1.165) is 11.1 Å². The van der Waals surface area contributed by atoms with Crippen molar-refractivity contribution in [1.82, 2.24) is 0 Å². The highest BCUT2D eigenvalue weighted by Crippen LogP contribution is 2.33. The van der Waals surface area contributed by atoms with Crippen molar-refractivity contribution in [2.75, 3.05) is 14.2 Å². The Balaban J connectivity index is 2.32. The van der Waals surface area contributed by atoms with E-state index in [1.807, 2.05) is 36.4 Å². The molecule has 0 bridgehead atoms. The van der Waals surface area contributed by atoms with Gasteiger partial charge in [-0.25, -0.2) is 0 Å². The maximum absolute atomic E-state index is 5.62. The van der Waals surface area contributed by atoms with Crippen LogP contribution in [0.1, 0.15) is 11.1 Å². The highest BCUT2D eigenvalue weighted by atomic mass is 16.5. The van der Waals surface area contributed by atoms with E-state index in [4.69, 9.17) is 20.9 Å². The second-order valence-electron chi connectivity index (χ2n) is 4.62. The molecule has 6 heteroatoms. The molecule has 0 unspecified atom stereocenters. The minimum Gasteiger partial charge on any atom is -0.494 e. The van der Waals surface area contributed by atoms with Crippen molar-refractivity contribution in [2.24, 2.45) is 21.7 Å². The van der Waals surface area contributed by atoms with Crippen LogP contribution in [0.3, 0.4) is 0 Å². The molecule has 0 spiro atoms. The van der Waals surface area contributed by atoms with Gasteiger partial charge in [0.05, 0.1) is 14.2 Å². The molecule has 2 aromatic rings. The normalized spacial score (nSPS) is 10.9. The molecule has 0 fully saturated rings. The minimum atomic E-state index is 0.447. The molecular weight excluding hydrogens is 280 g/mol. The van der Waals surface area contributed by atoms with Gasteiger partial charge in [0.1, 0.15) is 22.9 Å². The van der Waals surface area contributed by atoms with E-state index in [2.05, 4.69) is 10.2 Å². The van der Waals surface area contributed by atoms with Crippen LogP contribution in [0.5, 0.6) is 11.5 Å². The third-order valence-electron chi connectivity index (χ3n) is 3.23. The molecule has 0 saturated carbocycles. The predicted octanol–water partition coefficient (Wildman–Crippen LogP) is 3.04. The minimum absolute atomic E-state index is 0.447. The van der Waals surface area contributed by atoms with E-state index in [0.29, 0.717) is 36.0 Å². The van der Waals surface area contributed by atoms with E-state index in [-0.39, 0.29) is 0 Å². The summed E-state index contributed by atoms with van der Waals surface area (Å²) in [5.74, 6) is 1.26. The van der Waals surface area contributed by atoms with Crippen LogP contribution in [-0.2, 0) is 13.1 Å². The molecule has 6 nitrogen and oxygen atoms in total. The average molecular weight is 300 g/mol. The van der Waals surface area contributed by atoms with Crippen molar-refractivity contribution in [2.45, 2.75) is 13.1 Å². The van der Waals surface area contributed by atoms with Gasteiger partial charge in [0.25, 0.3) is 0 Å². The second-order valence-corrected chi connectivity index (χ2v) is 4.62. The lowest BCUT2D eigenvalue weighted by molar-refractivity contribution is 0.414. The topological polar surface area (TPSA) is 95.2 Å². The molecule has 0 heterocycles. The van der Waals surface area contributed by atoms with Crippen molar-refractivity contribution >= 4 is 11.4 Å². The van der Waals surface area contributed by atoms with Crippen molar-refractivity contribution in [3.8, 4) is 11.5 Å². The van der Waals surface area contributed by atoms with Crippen molar-refractivity contribution in [3.63, 3.8) is 0 Å². The fraction of sp³-hybridized carbons (Fsp3) is 0.250.